The van der Waals surface area contributed by atoms with Crippen molar-refractivity contribution in [1.82, 2.24) is 20.8 Å². The monoisotopic (exact) mass is 406 g/mol. The number of hydrogen-bond acceptors (Lipinski definition) is 4. The van der Waals surface area contributed by atoms with Gasteiger partial charge in [-0.1, -0.05) is 42.5 Å². The first-order valence-electron chi connectivity index (χ1n) is 10.1. The first kappa shape index (κ1) is 21.6. The van der Waals surface area contributed by atoms with Crippen LogP contribution in [0.3, 0.4) is 0 Å². The second-order valence-corrected chi connectivity index (χ2v) is 7.39. The van der Waals surface area contributed by atoms with E-state index in [1.807, 2.05) is 55.5 Å². The molecule has 156 valence electrons. The highest BCUT2D eigenvalue weighted by Crippen LogP contribution is 2.25. The van der Waals surface area contributed by atoms with Crippen molar-refractivity contribution < 1.29 is 9.18 Å². The van der Waals surface area contributed by atoms with Gasteiger partial charge in [-0.3, -0.25) is 10.1 Å². The summed E-state index contributed by atoms with van der Waals surface area (Å²) in [6, 6.07) is 17.8. The first-order chi connectivity index (χ1) is 14.5. The highest BCUT2D eigenvalue weighted by Gasteiger charge is 2.24. The lowest BCUT2D eigenvalue weighted by molar-refractivity contribution is -0.123. The van der Waals surface area contributed by atoms with Crippen molar-refractivity contribution in [3.63, 3.8) is 0 Å². The van der Waals surface area contributed by atoms with Crippen molar-refractivity contribution in [3.8, 4) is 0 Å². The molecule has 2 unspecified atom stereocenters. The van der Waals surface area contributed by atoms with Crippen LogP contribution in [0.25, 0.3) is 0 Å². The Bertz CT molecular complexity index is 976. The van der Waals surface area contributed by atoms with Crippen LogP contribution < -0.4 is 10.6 Å². The number of carbonyl (C=O) groups excluding carboxylic acids is 1. The summed E-state index contributed by atoms with van der Waals surface area (Å²) in [6.07, 6.45) is 1.36. The maximum atomic E-state index is 13.9. The zero-order chi connectivity index (χ0) is 21.5. The van der Waals surface area contributed by atoms with Crippen molar-refractivity contribution >= 4 is 5.91 Å². The maximum Gasteiger partial charge on any atom is 0.241 e. The van der Waals surface area contributed by atoms with Crippen LogP contribution in [-0.2, 0) is 11.2 Å². The van der Waals surface area contributed by atoms with Crippen LogP contribution in [0.1, 0.15) is 46.6 Å². The summed E-state index contributed by atoms with van der Waals surface area (Å²) in [7, 11) is 1.62. The standard InChI is InChI=1S/C24H27FN4O/c1-16-15-19(10-13-21(16)25)22(14-12-20-11-9-17(2)28-29-20)27-23(24(30)26-3)18-7-5-4-6-8-18/h4-11,13,15,22-23,27H,12,14H2,1-3H3,(H,26,30). The van der Waals surface area contributed by atoms with E-state index in [1.165, 1.54) is 6.07 Å². The van der Waals surface area contributed by atoms with E-state index >= 15 is 0 Å². The van der Waals surface area contributed by atoms with Gasteiger partial charge in [0.2, 0.25) is 5.91 Å². The van der Waals surface area contributed by atoms with Gasteiger partial charge >= 0.3 is 0 Å². The predicted octanol–water partition coefficient (Wildman–Crippen LogP) is 3.98. The van der Waals surface area contributed by atoms with E-state index < -0.39 is 6.04 Å². The number of amides is 1. The van der Waals surface area contributed by atoms with Crippen molar-refractivity contribution in [1.29, 1.82) is 0 Å². The van der Waals surface area contributed by atoms with Crippen LogP contribution in [0, 0.1) is 19.7 Å². The number of rotatable bonds is 8. The number of hydrogen-bond donors (Lipinski definition) is 2. The molecule has 0 fully saturated rings. The van der Waals surface area contributed by atoms with Gasteiger partial charge in [0.25, 0.3) is 0 Å². The summed E-state index contributed by atoms with van der Waals surface area (Å²) >= 11 is 0. The molecule has 2 N–H and O–H groups in total. The summed E-state index contributed by atoms with van der Waals surface area (Å²) in [5.41, 5.74) is 4.12. The third-order valence-corrected chi connectivity index (χ3v) is 5.14. The molecule has 1 heterocycles. The minimum atomic E-state index is -0.532. The smallest absolute Gasteiger partial charge is 0.241 e. The Morgan fingerprint density at radius 1 is 1.00 bits per heavy atom. The maximum absolute atomic E-state index is 13.9. The minimum absolute atomic E-state index is 0.125. The number of halogens is 1. The summed E-state index contributed by atoms with van der Waals surface area (Å²) in [5.74, 6) is -0.368. The topological polar surface area (TPSA) is 66.9 Å². The van der Waals surface area contributed by atoms with Gasteiger partial charge < -0.3 is 5.32 Å². The fourth-order valence-corrected chi connectivity index (χ4v) is 3.40. The van der Waals surface area contributed by atoms with E-state index in [0.717, 1.165) is 22.5 Å². The van der Waals surface area contributed by atoms with Crippen LogP contribution in [0.4, 0.5) is 4.39 Å². The average molecular weight is 407 g/mol. The highest BCUT2D eigenvalue weighted by molar-refractivity contribution is 5.83. The Morgan fingerprint density at radius 2 is 1.77 bits per heavy atom. The SMILES string of the molecule is CNC(=O)C(NC(CCc1ccc(C)nn1)c1ccc(F)c(C)c1)c1ccccc1. The van der Waals surface area contributed by atoms with Gasteiger partial charge in [0, 0.05) is 13.1 Å². The van der Waals surface area contributed by atoms with Crippen molar-refractivity contribution in [2.45, 2.75) is 38.8 Å². The third kappa shape index (κ3) is 5.48. The molecule has 0 radical (unpaired) electrons. The number of nitrogens with zero attached hydrogens (tertiary/aromatic N) is 2. The molecule has 1 amide bonds. The quantitative estimate of drug-likeness (QED) is 0.594. The lowest BCUT2D eigenvalue weighted by Crippen LogP contribution is -2.38. The molecular weight excluding hydrogens is 379 g/mol. The summed E-state index contributed by atoms with van der Waals surface area (Å²) in [5, 5.41) is 14.6. The Balaban J connectivity index is 1.89. The molecule has 5 nitrogen and oxygen atoms in total. The normalized spacial score (nSPS) is 12.9. The molecule has 30 heavy (non-hydrogen) atoms. The van der Waals surface area contributed by atoms with Crippen LogP contribution >= 0.6 is 0 Å². The molecule has 0 spiro atoms. The van der Waals surface area contributed by atoms with E-state index in [0.29, 0.717) is 18.4 Å². The summed E-state index contributed by atoms with van der Waals surface area (Å²) in [4.78, 5) is 12.7. The van der Waals surface area contributed by atoms with E-state index in [4.69, 9.17) is 0 Å². The first-order valence-corrected chi connectivity index (χ1v) is 10.1. The summed E-state index contributed by atoms with van der Waals surface area (Å²) < 4.78 is 13.9. The molecule has 0 aliphatic rings. The molecule has 6 heteroatoms. The second kappa shape index (κ2) is 10.1. The van der Waals surface area contributed by atoms with Crippen LogP contribution in [-0.4, -0.2) is 23.2 Å². The Kier molecular flexibility index (Phi) is 7.25. The van der Waals surface area contributed by atoms with E-state index in [-0.39, 0.29) is 17.8 Å². The van der Waals surface area contributed by atoms with Crippen molar-refractivity contribution in [3.05, 3.63) is 94.6 Å². The number of aryl methyl sites for hydroxylation is 3. The van der Waals surface area contributed by atoms with Crippen molar-refractivity contribution in [2.24, 2.45) is 0 Å². The van der Waals surface area contributed by atoms with Gasteiger partial charge in [-0.15, -0.1) is 0 Å². The fourth-order valence-electron chi connectivity index (χ4n) is 3.40. The van der Waals surface area contributed by atoms with Gasteiger partial charge in [-0.25, -0.2) is 4.39 Å². The number of benzene rings is 2. The van der Waals surface area contributed by atoms with Gasteiger partial charge in [0.1, 0.15) is 11.9 Å². The number of aromatic nitrogens is 2. The Morgan fingerprint density at radius 3 is 2.40 bits per heavy atom. The molecule has 3 aromatic rings. The van der Waals surface area contributed by atoms with Gasteiger partial charge in [0.05, 0.1) is 11.4 Å². The summed E-state index contributed by atoms with van der Waals surface area (Å²) in [6.45, 7) is 3.64. The van der Waals surface area contributed by atoms with Crippen LogP contribution in [0.5, 0.6) is 0 Å². The fraction of sp³-hybridized carbons (Fsp3) is 0.292. The zero-order valence-electron chi connectivity index (χ0n) is 17.5. The molecule has 3 rings (SSSR count). The number of likely N-dealkylation sites (N-methyl/N-ethyl adjacent to an activating group) is 1. The van der Waals surface area contributed by atoms with Crippen LogP contribution in [0.2, 0.25) is 0 Å². The van der Waals surface area contributed by atoms with E-state index in [9.17, 15) is 9.18 Å². The van der Waals surface area contributed by atoms with Crippen LogP contribution in [0.15, 0.2) is 60.7 Å². The van der Waals surface area contributed by atoms with Crippen molar-refractivity contribution in [2.75, 3.05) is 7.05 Å². The third-order valence-electron chi connectivity index (χ3n) is 5.14. The average Bonchev–Trinajstić information content (AvgIpc) is 2.77. The second-order valence-electron chi connectivity index (χ2n) is 7.39. The lowest BCUT2D eigenvalue weighted by Gasteiger charge is -2.26. The molecule has 1 aromatic heterocycles. The molecule has 0 aliphatic carbocycles. The molecular formula is C24H27FN4O. The number of carbonyl (C=O) groups is 1. The highest BCUT2D eigenvalue weighted by atomic mass is 19.1. The zero-order valence-corrected chi connectivity index (χ0v) is 17.5. The van der Waals surface area contributed by atoms with E-state index in [1.54, 1.807) is 20.0 Å². The van der Waals surface area contributed by atoms with Gasteiger partial charge in [-0.2, -0.15) is 10.2 Å². The lowest BCUT2D eigenvalue weighted by atomic mass is 9.96. The number of nitrogens with one attached hydrogen (secondary N) is 2. The molecule has 0 aliphatic heterocycles. The molecule has 2 aromatic carbocycles. The Hall–Kier alpha value is -3.12. The Labute approximate surface area is 176 Å². The molecule has 0 saturated carbocycles. The predicted molar refractivity (Wildman–Crippen MR) is 115 cm³/mol. The minimum Gasteiger partial charge on any atom is -0.358 e. The molecule has 2 atom stereocenters. The van der Waals surface area contributed by atoms with Gasteiger partial charge in [-0.05, 0) is 61.6 Å². The molecule has 0 saturated heterocycles. The largest absolute Gasteiger partial charge is 0.358 e. The van der Waals surface area contributed by atoms with Gasteiger partial charge in [0.15, 0.2) is 0 Å². The molecule has 0 bridgehead atoms. The van der Waals surface area contributed by atoms with E-state index in [2.05, 4.69) is 20.8 Å².